The first-order chi connectivity index (χ1) is 5.38. The van der Waals surface area contributed by atoms with E-state index in [-0.39, 0.29) is 82.8 Å². The van der Waals surface area contributed by atoms with Crippen molar-refractivity contribution in [2.45, 2.75) is 0 Å². The van der Waals surface area contributed by atoms with E-state index in [0.717, 1.165) is 0 Å². The molecule has 0 aromatic carbocycles. The molecule has 186 valence electrons. The molecule has 1 rings (SSSR count). The maximum Gasteiger partial charge on any atom is 1.12 e. The number of hydrogen-bond acceptors (Lipinski definition) is 8. The highest BCUT2D eigenvalue weighted by Gasteiger charge is 2.54. The molecule has 0 amide bonds. The molecule has 1 saturated heterocycles. The minimum Gasteiger partial charge on any atom is -0.727 e. The molecule has 23 nitrogen and oxygen atoms in total. The highest BCUT2D eigenvalue weighted by atomic mass is 32.3. The lowest BCUT2D eigenvalue weighted by Crippen LogP contribution is -2.24. The van der Waals surface area contributed by atoms with Crippen LogP contribution in [0.25, 0.3) is 0 Å². The third-order valence-electron chi connectivity index (χ3n) is 0.770. The van der Waals surface area contributed by atoms with Gasteiger partial charge in [-0.25, -0.2) is 18.0 Å². The molecule has 0 atom stereocenters. The summed E-state index contributed by atoms with van der Waals surface area (Å²) in [5, 5.41) is 0. The summed E-state index contributed by atoms with van der Waals surface area (Å²) >= 11 is -3.42. The lowest BCUT2D eigenvalue weighted by Gasteiger charge is -2.05. The van der Waals surface area contributed by atoms with E-state index in [2.05, 4.69) is 10.8 Å². The monoisotopic (exact) mass is 481 g/mol. The Balaban J connectivity index is -0.00000000738. The molecule has 1 fully saturated rings. The zero-order valence-electron chi connectivity index (χ0n) is 13.3. The maximum atomic E-state index is 10.2. The summed E-state index contributed by atoms with van der Waals surface area (Å²) in [6, 6.07) is 0. The fourth-order valence-corrected chi connectivity index (χ4v) is 2.10. The molecular formula is C2H32AlNO22S. The van der Waals surface area contributed by atoms with Gasteiger partial charge in [0.15, 0.2) is 10.4 Å². The fourth-order valence-electron chi connectivity index (χ4n) is 0.431. The lowest BCUT2D eigenvalue weighted by molar-refractivity contribution is -0.150. The summed E-state index contributed by atoms with van der Waals surface area (Å²) in [4.78, 5) is 20.5. The molecule has 0 aromatic heterocycles. The van der Waals surface area contributed by atoms with Crippen LogP contribution in [0.5, 0.6) is 0 Å². The molecule has 1 heterocycles. The summed E-state index contributed by atoms with van der Waals surface area (Å²) in [6.45, 7) is 0. The van der Waals surface area contributed by atoms with Crippen LogP contribution >= 0.6 is 0 Å². The van der Waals surface area contributed by atoms with Gasteiger partial charge in [-0.15, -0.1) is 0 Å². The third kappa shape index (κ3) is 51.6. The van der Waals surface area contributed by atoms with E-state index in [0.29, 0.717) is 0 Å². The Labute approximate surface area is 154 Å². The van der Waals surface area contributed by atoms with E-state index in [1.54, 1.807) is 0 Å². The van der Waals surface area contributed by atoms with Crippen molar-refractivity contribution in [1.82, 2.24) is 6.15 Å². The molecule has 0 unspecified atom stereocenters. The summed E-state index contributed by atoms with van der Waals surface area (Å²) in [6.07, 6.45) is 0. The molecular weight excluding hydrogens is 449 g/mol. The van der Waals surface area contributed by atoms with Crippen LogP contribution < -0.4 is 6.15 Å². The first-order valence-electron chi connectivity index (χ1n) is 2.44. The van der Waals surface area contributed by atoms with E-state index in [4.69, 9.17) is 0 Å². The molecule has 0 spiro atoms. The van der Waals surface area contributed by atoms with Crippen molar-refractivity contribution in [2.75, 3.05) is 0 Å². The Morgan fingerprint density at radius 2 is 0.815 bits per heavy atom. The minimum absolute atomic E-state index is 0. The Kier molecular flexibility index (Phi) is 252. The van der Waals surface area contributed by atoms with Crippen molar-refractivity contribution in [3.05, 3.63) is 0 Å². The molecule has 32 N–H and O–H groups in total. The second-order valence-corrected chi connectivity index (χ2v) is 4.24. The van der Waals surface area contributed by atoms with Crippen molar-refractivity contribution in [3.63, 3.8) is 0 Å². The van der Waals surface area contributed by atoms with Gasteiger partial charge >= 0.3 is 27.1 Å². The standard InChI is InChI=1S/C2H2O4.Al.H3N.H2O4S.14H2O/c3-1(4)2(5)6;;;1-5(2,3)4;;;;;;;;;;;;;;/h(H,3,4)(H,5,6);;1H3;(H2,1,2,3,4);14*1H2/q;+3;;;;;;;;;;;;;;;;/p-3. The zero-order valence-corrected chi connectivity index (χ0v) is 15.2. The number of carbonyl (C=O) groups excluding carboxylic acids is 2. The summed E-state index contributed by atoms with van der Waals surface area (Å²) < 4.78 is 41.2. The lowest BCUT2D eigenvalue weighted by atomic mass is 10.7. The molecule has 0 radical (unpaired) electrons. The molecule has 0 aliphatic carbocycles. The molecule has 1 aliphatic heterocycles. The van der Waals surface area contributed by atoms with Gasteiger partial charge in [-0.2, -0.15) is 0 Å². The molecule has 1 aliphatic rings. The summed E-state index contributed by atoms with van der Waals surface area (Å²) in [5.74, 6) is -2.70. The Morgan fingerprint density at radius 1 is 0.630 bits per heavy atom. The SMILES string of the molecule is O.O.O.O.O.O.O.O.O.O.O.O.O.O.O=C1[O][Al]([O]S(=O)(=O)[O-])[O]C1=O.[NH4+]. The van der Waals surface area contributed by atoms with Gasteiger partial charge < -0.3 is 98.2 Å². The summed E-state index contributed by atoms with van der Waals surface area (Å²) in [5.41, 5.74) is 0. The first kappa shape index (κ1) is 137. The van der Waals surface area contributed by atoms with Gasteiger partial charge in [0.1, 0.15) is 0 Å². The average molecular weight is 481 g/mol. The van der Waals surface area contributed by atoms with E-state index < -0.39 is 37.5 Å². The van der Waals surface area contributed by atoms with Crippen molar-refractivity contribution in [3.8, 4) is 0 Å². The van der Waals surface area contributed by atoms with Gasteiger partial charge in [-0.05, 0) is 0 Å². The highest BCUT2D eigenvalue weighted by molar-refractivity contribution is 7.81. The number of carbonyl (C=O) groups is 2. The van der Waals surface area contributed by atoms with Gasteiger partial charge in [0.05, 0.1) is 0 Å². The van der Waals surface area contributed by atoms with Crippen LogP contribution in [0.2, 0.25) is 0 Å². The second-order valence-electron chi connectivity index (χ2n) is 1.60. The molecule has 0 saturated carbocycles. The van der Waals surface area contributed by atoms with E-state index >= 15 is 0 Å². The molecule has 27 heavy (non-hydrogen) atoms. The number of hydrogen-bond donors (Lipinski definition) is 1. The molecule has 25 heteroatoms. The normalized spacial score (nSPS) is 7.81. The van der Waals surface area contributed by atoms with Crippen molar-refractivity contribution in [1.29, 1.82) is 0 Å². The van der Waals surface area contributed by atoms with Crippen LogP contribution in [0.15, 0.2) is 0 Å². The van der Waals surface area contributed by atoms with Crippen LogP contribution in [0.4, 0.5) is 0 Å². The molecule has 0 aromatic rings. The first-order valence-corrected chi connectivity index (χ1v) is 5.19. The van der Waals surface area contributed by atoms with Crippen LogP contribution in [-0.4, -0.2) is 117 Å². The van der Waals surface area contributed by atoms with Crippen LogP contribution in [-0.2, 0) is 30.8 Å². The largest absolute Gasteiger partial charge is 1.12 e. The van der Waals surface area contributed by atoms with Crippen molar-refractivity contribution < 1.29 is 110 Å². The summed E-state index contributed by atoms with van der Waals surface area (Å²) in [7, 11) is -5.00. The zero-order chi connectivity index (χ0) is 9.35. The third-order valence-corrected chi connectivity index (χ3v) is 3.15. The number of quaternary nitrogens is 1. The Morgan fingerprint density at radius 3 is 0.963 bits per heavy atom. The molecule has 0 bridgehead atoms. The van der Waals surface area contributed by atoms with Crippen molar-refractivity contribution in [2.24, 2.45) is 0 Å². The van der Waals surface area contributed by atoms with E-state index in [1.807, 2.05) is 0 Å². The fraction of sp³-hybridized carbons (Fsp3) is 0. The minimum atomic E-state index is -5.00. The van der Waals surface area contributed by atoms with Crippen LogP contribution in [0, 0.1) is 0 Å². The predicted molar refractivity (Wildman–Crippen MR) is 85.3 cm³/mol. The second kappa shape index (κ2) is 49.8. The van der Waals surface area contributed by atoms with Crippen molar-refractivity contribution >= 4 is 37.5 Å². The predicted octanol–water partition coefficient (Wildman–Crippen LogP) is -13.6. The van der Waals surface area contributed by atoms with Gasteiger partial charge in [0.25, 0.3) is 0 Å². The highest BCUT2D eigenvalue weighted by Crippen LogP contribution is 2.05. The van der Waals surface area contributed by atoms with Gasteiger partial charge in [0.2, 0.25) is 0 Å². The maximum absolute atomic E-state index is 10.2. The average Bonchev–Trinajstić information content (AvgIpc) is 2.07. The number of rotatable bonds is 2. The quantitative estimate of drug-likeness (QED) is 0.170. The van der Waals surface area contributed by atoms with E-state index in [1.165, 1.54) is 0 Å². The van der Waals surface area contributed by atoms with Gasteiger partial charge in [-0.1, -0.05) is 0 Å². The smallest absolute Gasteiger partial charge is 0.727 e. The van der Waals surface area contributed by atoms with E-state index in [9.17, 15) is 22.6 Å². The van der Waals surface area contributed by atoms with Gasteiger partial charge in [0, 0.05) is 0 Å². The van der Waals surface area contributed by atoms with Crippen LogP contribution in [0.1, 0.15) is 0 Å². The Hall–Kier alpha value is -1.26. The Bertz CT molecular complexity index is 311. The van der Waals surface area contributed by atoms with Crippen LogP contribution in [0.3, 0.4) is 0 Å². The van der Waals surface area contributed by atoms with Gasteiger partial charge in [-0.3, -0.25) is 0 Å². The topological polar surface area (TPSA) is 597 Å².